The number of hydrogen-bond donors (Lipinski definition) is 2. The highest BCUT2D eigenvalue weighted by atomic mass is 16.3. The lowest BCUT2D eigenvalue weighted by Crippen LogP contribution is -2.35. The van der Waals surface area contributed by atoms with Crippen molar-refractivity contribution in [3.8, 4) is 0 Å². The summed E-state index contributed by atoms with van der Waals surface area (Å²) in [5.74, 6) is 0. The molecule has 3 heteroatoms. The number of rotatable bonds is 4. The maximum absolute atomic E-state index is 9.61. The quantitative estimate of drug-likeness (QED) is 0.842. The third-order valence-electron chi connectivity index (χ3n) is 3.83. The number of pyridine rings is 1. The van der Waals surface area contributed by atoms with Crippen LogP contribution in [0.3, 0.4) is 0 Å². The molecular weight excluding hydrogens is 212 g/mol. The third-order valence-corrected chi connectivity index (χ3v) is 3.83. The van der Waals surface area contributed by atoms with Crippen molar-refractivity contribution in [2.24, 2.45) is 5.41 Å². The van der Waals surface area contributed by atoms with E-state index in [2.05, 4.69) is 16.4 Å². The molecular formula is C14H22N2O. The molecule has 0 spiro atoms. The van der Waals surface area contributed by atoms with Crippen molar-refractivity contribution in [3.05, 3.63) is 24.0 Å². The summed E-state index contributed by atoms with van der Waals surface area (Å²) >= 11 is 0. The van der Waals surface area contributed by atoms with Crippen LogP contribution in [0.5, 0.6) is 0 Å². The molecule has 0 atom stereocenters. The Morgan fingerprint density at radius 2 is 2.06 bits per heavy atom. The van der Waals surface area contributed by atoms with Gasteiger partial charge in [0.2, 0.25) is 0 Å². The van der Waals surface area contributed by atoms with Crippen LogP contribution in [0.1, 0.15) is 37.8 Å². The molecule has 1 saturated carbocycles. The van der Waals surface area contributed by atoms with Crippen LogP contribution in [0.15, 0.2) is 18.3 Å². The summed E-state index contributed by atoms with van der Waals surface area (Å²) in [6.07, 6.45) is 7.94. The van der Waals surface area contributed by atoms with E-state index in [4.69, 9.17) is 0 Å². The van der Waals surface area contributed by atoms with Crippen LogP contribution in [-0.2, 0) is 0 Å². The van der Waals surface area contributed by atoms with Crippen LogP contribution >= 0.6 is 0 Å². The molecule has 1 aromatic rings. The fraction of sp³-hybridized carbons (Fsp3) is 0.643. The number of nitrogens with one attached hydrogen (secondary N) is 1. The van der Waals surface area contributed by atoms with E-state index in [9.17, 15) is 5.11 Å². The van der Waals surface area contributed by atoms with Gasteiger partial charge in [0.1, 0.15) is 0 Å². The summed E-state index contributed by atoms with van der Waals surface area (Å²) < 4.78 is 0. The van der Waals surface area contributed by atoms with Gasteiger partial charge < -0.3 is 10.4 Å². The Bertz CT molecular complexity index is 342. The maximum atomic E-state index is 9.61. The minimum absolute atomic E-state index is 0.0864. The molecule has 1 aliphatic rings. The van der Waals surface area contributed by atoms with Gasteiger partial charge in [-0.3, -0.25) is 4.98 Å². The number of hydrogen-bond acceptors (Lipinski definition) is 3. The lowest BCUT2D eigenvalue weighted by atomic mass is 9.74. The molecule has 0 amide bonds. The van der Waals surface area contributed by atoms with Crippen LogP contribution in [0.2, 0.25) is 0 Å². The van der Waals surface area contributed by atoms with Crippen molar-refractivity contribution in [2.75, 3.05) is 18.5 Å². The molecule has 0 aromatic carbocycles. The fourth-order valence-electron chi connectivity index (χ4n) is 2.55. The molecule has 1 fully saturated rings. The van der Waals surface area contributed by atoms with Crippen LogP contribution in [-0.4, -0.2) is 23.2 Å². The van der Waals surface area contributed by atoms with E-state index in [-0.39, 0.29) is 5.41 Å². The van der Waals surface area contributed by atoms with Crippen molar-refractivity contribution < 1.29 is 5.11 Å². The largest absolute Gasteiger partial charge is 0.396 e. The molecule has 0 saturated heterocycles. The first-order chi connectivity index (χ1) is 8.24. The monoisotopic (exact) mass is 234 g/mol. The number of aliphatic hydroxyl groups is 1. The van der Waals surface area contributed by atoms with E-state index in [0.717, 1.165) is 30.8 Å². The molecule has 0 bridgehead atoms. The Morgan fingerprint density at radius 3 is 2.65 bits per heavy atom. The molecule has 0 aliphatic heterocycles. The third kappa shape index (κ3) is 3.19. The number of anilines is 1. The van der Waals surface area contributed by atoms with E-state index in [0.29, 0.717) is 6.61 Å². The summed E-state index contributed by atoms with van der Waals surface area (Å²) in [4.78, 5) is 4.27. The number of aromatic nitrogens is 1. The van der Waals surface area contributed by atoms with Crippen LogP contribution in [0, 0.1) is 12.3 Å². The summed E-state index contributed by atoms with van der Waals surface area (Å²) in [6.45, 7) is 3.13. The first-order valence-corrected chi connectivity index (χ1v) is 6.52. The predicted octanol–water partition coefficient (Wildman–Crippen LogP) is 2.74. The number of aliphatic hydroxyl groups excluding tert-OH is 1. The van der Waals surface area contributed by atoms with Crippen molar-refractivity contribution in [1.29, 1.82) is 0 Å². The van der Waals surface area contributed by atoms with Gasteiger partial charge in [-0.2, -0.15) is 0 Å². The molecule has 1 aromatic heterocycles. The van der Waals surface area contributed by atoms with Crippen molar-refractivity contribution in [2.45, 2.75) is 39.0 Å². The Labute approximate surface area is 103 Å². The zero-order chi connectivity index (χ0) is 12.1. The lowest BCUT2D eigenvalue weighted by Gasteiger charge is -2.36. The molecule has 94 valence electrons. The zero-order valence-corrected chi connectivity index (χ0v) is 10.6. The summed E-state index contributed by atoms with van der Waals surface area (Å²) in [5.41, 5.74) is 2.17. The van der Waals surface area contributed by atoms with Crippen LogP contribution in [0.25, 0.3) is 0 Å². The highest BCUT2D eigenvalue weighted by Crippen LogP contribution is 2.35. The minimum Gasteiger partial charge on any atom is -0.396 e. The van der Waals surface area contributed by atoms with Gasteiger partial charge >= 0.3 is 0 Å². The van der Waals surface area contributed by atoms with Crippen LogP contribution < -0.4 is 5.32 Å². The standard InChI is InChI=1S/C14H22N2O/c1-12-5-6-13(9-15-12)16-10-14(11-17)7-3-2-4-8-14/h5-6,9,16-17H,2-4,7-8,10-11H2,1H3. The first-order valence-electron chi connectivity index (χ1n) is 6.52. The highest BCUT2D eigenvalue weighted by molar-refractivity contribution is 5.41. The topological polar surface area (TPSA) is 45.1 Å². The SMILES string of the molecule is Cc1ccc(NCC2(CO)CCCCC2)cn1. The molecule has 1 aliphatic carbocycles. The molecule has 0 radical (unpaired) electrons. The minimum atomic E-state index is 0.0864. The molecule has 3 nitrogen and oxygen atoms in total. The lowest BCUT2D eigenvalue weighted by molar-refractivity contribution is 0.0944. The Kier molecular flexibility index (Phi) is 4.00. The maximum Gasteiger partial charge on any atom is 0.0527 e. The fourth-order valence-corrected chi connectivity index (χ4v) is 2.55. The van der Waals surface area contributed by atoms with Crippen molar-refractivity contribution >= 4 is 5.69 Å². The molecule has 17 heavy (non-hydrogen) atoms. The van der Waals surface area contributed by atoms with Gasteiger partial charge in [-0.1, -0.05) is 19.3 Å². The summed E-state index contributed by atoms with van der Waals surface area (Å²) in [7, 11) is 0. The van der Waals surface area contributed by atoms with Crippen molar-refractivity contribution in [1.82, 2.24) is 4.98 Å². The average molecular weight is 234 g/mol. The van der Waals surface area contributed by atoms with Gasteiger partial charge in [-0.05, 0) is 31.9 Å². The molecule has 2 N–H and O–H groups in total. The van der Waals surface area contributed by atoms with Gasteiger partial charge in [0.05, 0.1) is 18.5 Å². The molecule has 1 heterocycles. The van der Waals surface area contributed by atoms with E-state index in [1.54, 1.807) is 0 Å². The van der Waals surface area contributed by atoms with E-state index in [1.165, 1.54) is 19.3 Å². The summed E-state index contributed by atoms with van der Waals surface area (Å²) in [6, 6.07) is 4.06. The zero-order valence-electron chi connectivity index (χ0n) is 10.6. The number of nitrogens with zero attached hydrogens (tertiary/aromatic N) is 1. The van der Waals surface area contributed by atoms with Gasteiger partial charge in [-0.25, -0.2) is 0 Å². The van der Waals surface area contributed by atoms with Gasteiger partial charge in [-0.15, -0.1) is 0 Å². The normalized spacial score (nSPS) is 18.9. The second kappa shape index (κ2) is 5.50. The first kappa shape index (κ1) is 12.4. The van der Waals surface area contributed by atoms with Gasteiger partial charge in [0.15, 0.2) is 0 Å². The number of aryl methyl sites for hydroxylation is 1. The molecule has 0 unspecified atom stereocenters. The second-order valence-corrected chi connectivity index (χ2v) is 5.26. The second-order valence-electron chi connectivity index (χ2n) is 5.26. The van der Waals surface area contributed by atoms with E-state index < -0.39 is 0 Å². The summed E-state index contributed by atoms with van der Waals surface area (Å²) in [5, 5.41) is 13.0. The highest BCUT2D eigenvalue weighted by Gasteiger charge is 2.30. The van der Waals surface area contributed by atoms with Gasteiger partial charge in [0.25, 0.3) is 0 Å². The van der Waals surface area contributed by atoms with Crippen molar-refractivity contribution in [3.63, 3.8) is 0 Å². The Balaban J connectivity index is 1.93. The molecule has 2 rings (SSSR count). The van der Waals surface area contributed by atoms with E-state index in [1.807, 2.05) is 19.2 Å². The smallest absolute Gasteiger partial charge is 0.0527 e. The Hall–Kier alpha value is -1.09. The van der Waals surface area contributed by atoms with Gasteiger partial charge in [0, 0.05) is 17.7 Å². The predicted molar refractivity (Wildman–Crippen MR) is 70.1 cm³/mol. The van der Waals surface area contributed by atoms with Crippen LogP contribution in [0.4, 0.5) is 5.69 Å². The van der Waals surface area contributed by atoms with E-state index >= 15 is 0 Å². The average Bonchev–Trinajstić information content (AvgIpc) is 2.39. The Morgan fingerprint density at radius 1 is 1.29 bits per heavy atom.